The van der Waals surface area contributed by atoms with E-state index in [2.05, 4.69) is 17.2 Å². The average Bonchev–Trinajstić information content (AvgIpc) is 3.05. The van der Waals surface area contributed by atoms with Gasteiger partial charge in [-0.15, -0.1) is 5.10 Å². The van der Waals surface area contributed by atoms with Gasteiger partial charge in [0.25, 0.3) is 5.91 Å². The first-order valence-corrected chi connectivity index (χ1v) is 8.90. The van der Waals surface area contributed by atoms with Gasteiger partial charge < -0.3 is 4.90 Å². The minimum Gasteiger partial charge on any atom is -0.336 e. The van der Waals surface area contributed by atoms with Crippen molar-refractivity contribution in [3.05, 3.63) is 59.7 Å². The van der Waals surface area contributed by atoms with Crippen LogP contribution in [0, 0.1) is 0 Å². The number of nitrogens with zero attached hydrogens (tertiary/aromatic N) is 4. The second-order valence-corrected chi connectivity index (χ2v) is 6.78. The normalized spacial score (nSPS) is 17.8. The Bertz CT molecular complexity index is 884. The van der Waals surface area contributed by atoms with Crippen LogP contribution in [0.15, 0.2) is 48.5 Å². The van der Waals surface area contributed by atoms with Crippen molar-refractivity contribution >= 4 is 16.9 Å². The summed E-state index contributed by atoms with van der Waals surface area (Å²) in [5.74, 6) is 0.143. The second kappa shape index (κ2) is 6.67. The zero-order valence-electron chi connectivity index (χ0n) is 14.4. The van der Waals surface area contributed by atoms with E-state index in [1.165, 1.54) is 6.42 Å². The van der Waals surface area contributed by atoms with Gasteiger partial charge in [0, 0.05) is 18.2 Å². The third-order valence-corrected chi connectivity index (χ3v) is 5.02. The van der Waals surface area contributed by atoms with E-state index in [0.29, 0.717) is 12.6 Å². The molecule has 0 bridgehead atoms. The highest BCUT2D eigenvalue weighted by Crippen LogP contribution is 2.20. The smallest absolute Gasteiger partial charge is 0.254 e. The van der Waals surface area contributed by atoms with Crippen LogP contribution in [0.5, 0.6) is 0 Å². The molecule has 1 saturated heterocycles. The number of piperidine rings is 1. The van der Waals surface area contributed by atoms with Crippen LogP contribution < -0.4 is 0 Å². The van der Waals surface area contributed by atoms with Gasteiger partial charge in [0.05, 0.1) is 12.1 Å². The fourth-order valence-electron chi connectivity index (χ4n) is 3.53. The Morgan fingerprint density at radius 1 is 1.12 bits per heavy atom. The number of rotatable bonds is 3. The number of aromatic nitrogens is 3. The number of fused-ring (bicyclic) bond motifs is 1. The standard InChI is InChI=1S/C20H22N4O/c1-15-6-4-5-13-23(15)20(25)17-11-9-16(10-12-17)14-24-19-8-3-2-7-18(19)21-22-24/h2-3,7-12,15H,4-6,13-14H2,1H3. The molecular weight excluding hydrogens is 312 g/mol. The predicted octanol–water partition coefficient (Wildman–Crippen LogP) is 3.49. The maximum Gasteiger partial charge on any atom is 0.254 e. The number of benzene rings is 2. The van der Waals surface area contributed by atoms with Crippen molar-refractivity contribution in [1.82, 2.24) is 19.9 Å². The molecular formula is C20H22N4O. The largest absolute Gasteiger partial charge is 0.336 e. The molecule has 0 aliphatic carbocycles. The summed E-state index contributed by atoms with van der Waals surface area (Å²) in [6.45, 7) is 3.66. The zero-order chi connectivity index (χ0) is 17.2. The number of carbonyl (C=O) groups is 1. The van der Waals surface area contributed by atoms with Crippen molar-refractivity contribution in [3.63, 3.8) is 0 Å². The van der Waals surface area contributed by atoms with E-state index in [-0.39, 0.29) is 5.91 Å². The monoisotopic (exact) mass is 334 g/mol. The number of likely N-dealkylation sites (tertiary alicyclic amines) is 1. The van der Waals surface area contributed by atoms with Crippen LogP contribution in [0.1, 0.15) is 42.1 Å². The van der Waals surface area contributed by atoms with Crippen molar-refractivity contribution in [3.8, 4) is 0 Å². The first kappa shape index (κ1) is 15.8. The van der Waals surface area contributed by atoms with Crippen molar-refractivity contribution in [1.29, 1.82) is 0 Å². The van der Waals surface area contributed by atoms with Crippen molar-refractivity contribution < 1.29 is 4.79 Å². The molecule has 1 amide bonds. The summed E-state index contributed by atoms with van der Waals surface area (Å²) in [6, 6.07) is 16.1. The Balaban J connectivity index is 1.51. The van der Waals surface area contributed by atoms with Gasteiger partial charge in [-0.1, -0.05) is 29.5 Å². The SMILES string of the molecule is CC1CCCCN1C(=O)c1ccc(Cn2nnc3ccccc32)cc1. The molecule has 4 rings (SSSR count). The lowest BCUT2D eigenvalue weighted by molar-refractivity contribution is 0.0635. The Hall–Kier alpha value is -2.69. The molecule has 1 fully saturated rings. The molecule has 5 heteroatoms. The first-order valence-electron chi connectivity index (χ1n) is 8.90. The molecule has 1 aliphatic rings. The molecule has 0 N–H and O–H groups in total. The van der Waals surface area contributed by atoms with Crippen LogP contribution in [-0.4, -0.2) is 38.4 Å². The number of hydrogen-bond acceptors (Lipinski definition) is 3. The van der Waals surface area contributed by atoms with Gasteiger partial charge in [0.2, 0.25) is 0 Å². The van der Waals surface area contributed by atoms with Crippen molar-refractivity contribution in [2.45, 2.75) is 38.8 Å². The van der Waals surface area contributed by atoms with Gasteiger partial charge in [-0.05, 0) is 56.0 Å². The van der Waals surface area contributed by atoms with Crippen molar-refractivity contribution in [2.24, 2.45) is 0 Å². The summed E-state index contributed by atoms with van der Waals surface area (Å²) in [5, 5.41) is 8.41. The molecule has 0 saturated carbocycles. The molecule has 0 spiro atoms. The lowest BCUT2D eigenvalue weighted by Gasteiger charge is -2.33. The Morgan fingerprint density at radius 3 is 2.72 bits per heavy atom. The maximum atomic E-state index is 12.7. The van der Waals surface area contributed by atoms with Crippen LogP contribution in [0.2, 0.25) is 0 Å². The van der Waals surface area contributed by atoms with Gasteiger partial charge in [0.15, 0.2) is 0 Å². The summed E-state index contributed by atoms with van der Waals surface area (Å²) in [4.78, 5) is 14.7. The second-order valence-electron chi connectivity index (χ2n) is 6.78. The van der Waals surface area contributed by atoms with E-state index in [4.69, 9.17) is 0 Å². The van der Waals surface area contributed by atoms with E-state index >= 15 is 0 Å². The van der Waals surface area contributed by atoms with Crippen LogP contribution >= 0.6 is 0 Å². The highest BCUT2D eigenvalue weighted by atomic mass is 16.2. The minimum atomic E-state index is 0.143. The Morgan fingerprint density at radius 2 is 1.92 bits per heavy atom. The quantitative estimate of drug-likeness (QED) is 0.737. The summed E-state index contributed by atoms with van der Waals surface area (Å²) < 4.78 is 1.89. The van der Waals surface area contributed by atoms with E-state index in [1.54, 1.807) is 0 Å². The average molecular weight is 334 g/mol. The van der Waals surface area contributed by atoms with Crippen LogP contribution in [0.4, 0.5) is 0 Å². The highest BCUT2D eigenvalue weighted by molar-refractivity contribution is 5.94. The van der Waals surface area contributed by atoms with E-state index in [1.807, 2.05) is 58.1 Å². The lowest BCUT2D eigenvalue weighted by atomic mass is 10.0. The van der Waals surface area contributed by atoms with Crippen LogP contribution in [0.25, 0.3) is 11.0 Å². The van der Waals surface area contributed by atoms with Crippen molar-refractivity contribution in [2.75, 3.05) is 6.54 Å². The molecule has 128 valence electrons. The molecule has 3 aromatic rings. The highest BCUT2D eigenvalue weighted by Gasteiger charge is 2.24. The summed E-state index contributed by atoms with van der Waals surface area (Å²) in [7, 11) is 0. The fraction of sp³-hybridized carbons (Fsp3) is 0.350. The Labute approximate surface area is 147 Å². The Kier molecular flexibility index (Phi) is 4.22. The van der Waals surface area contributed by atoms with E-state index in [0.717, 1.165) is 41.5 Å². The number of para-hydroxylation sites is 1. The van der Waals surface area contributed by atoms with Crippen LogP contribution in [0.3, 0.4) is 0 Å². The molecule has 1 atom stereocenters. The molecule has 5 nitrogen and oxygen atoms in total. The third kappa shape index (κ3) is 3.14. The fourth-order valence-corrected chi connectivity index (χ4v) is 3.53. The number of carbonyl (C=O) groups excluding carboxylic acids is 1. The van der Waals surface area contributed by atoms with Gasteiger partial charge >= 0.3 is 0 Å². The molecule has 2 heterocycles. The van der Waals surface area contributed by atoms with Gasteiger partial charge in [-0.25, -0.2) is 4.68 Å². The number of hydrogen-bond donors (Lipinski definition) is 0. The van der Waals surface area contributed by atoms with E-state index < -0.39 is 0 Å². The van der Waals surface area contributed by atoms with Gasteiger partial charge in [-0.3, -0.25) is 4.79 Å². The maximum absolute atomic E-state index is 12.7. The zero-order valence-corrected chi connectivity index (χ0v) is 14.4. The number of amides is 1. The molecule has 1 aromatic heterocycles. The molecule has 25 heavy (non-hydrogen) atoms. The summed E-state index contributed by atoms with van der Waals surface area (Å²) in [6.07, 6.45) is 3.42. The molecule has 2 aromatic carbocycles. The van der Waals surface area contributed by atoms with E-state index in [9.17, 15) is 4.79 Å². The molecule has 1 unspecified atom stereocenters. The summed E-state index contributed by atoms with van der Waals surface area (Å²) in [5.41, 5.74) is 3.79. The predicted molar refractivity (Wildman–Crippen MR) is 97.4 cm³/mol. The molecule has 0 radical (unpaired) electrons. The summed E-state index contributed by atoms with van der Waals surface area (Å²) >= 11 is 0. The van der Waals surface area contributed by atoms with Gasteiger partial charge in [-0.2, -0.15) is 0 Å². The lowest BCUT2D eigenvalue weighted by Crippen LogP contribution is -2.42. The first-order chi connectivity index (χ1) is 12.2. The minimum absolute atomic E-state index is 0.143. The molecule has 1 aliphatic heterocycles. The third-order valence-electron chi connectivity index (χ3n) is 5.02. The van der Waals surface area contributed by atoms with Crippen LogP contribution in [-0.2, 0) is 6.54 Å². The van der Waals surface area contributed by atoms with Gasteiger partial charge in [0.1, 0.15) is 5.52 Å². The topological polar surface area (TPSA) is 51.0 Å².